The number of nitriles is 1. The van der Waals surface area contributed by atoms with Crippen LogP contribution in [0.1, 0.15) is 46.5 Å². The maximum atomic E-state index is 9.19. The van der Waals surface area contributed by atoms with Crippen molar-refractivity contribution in [3.63, 3.8) is 0 Å². The summed E-state index contributed by atoms with van der Waals surface area (Å²) < 4.78 is 0. The van der Waals surface area contributed by atoms with Crippen LogP contribution in [0.15, 0.2) is 0 Å². The molecule has 0 aromatic rings. The van der Waals surface area contributed by atoms with Crippen LogP contribution in [-0.4, -0.2) is 12.1 Å². The Morgan fingerprint density at radius 1 is 1.43 bits per heavy atom. The SMILES string of the molecule is CCNC1(C#N)CCC(C(C)C)CC1. The quantitative estimate of drug-likeness (QED) is 0.750. The molecule has 0 atom stereocenters. The van der Waals surface area contributed by atoms with Gasteiger partial charge in [0.2, 0.25) is 0 Å². The normalized spacial score (nSPS) is 32.9. The summed E-state index contributed by atoms with van der Waals surface area (Å²) in [5.74, 6) is 1.60. The minimum Gasteiger partial charge on any atom is -0.300 e. The van der Waals surface area contributed by atoms with Gasteiger partial charge in [-0.05, 0) is 44.1 Å². The lowest BCUT2D eigenvalue weighted by Crippen LogP contribution is -2.47. The number of rotatable bonds is 3. The molecule has 0 aliphatic heterocycles. The number of hydrogen-bond donors (Lipinski definition) is 1. The molecule has 0 spiro atoms. The van der Waals surface area contributed by atoms with Gasteiger partial charge in [0, 0.05) is 0 Å². The van der Waals surface area contributed by atoms with E-state index in [0.717, 1.165) is 31.2 Å². The average molecular weight is 194 g/mol. The Kier molecular flexibility index (Phi) is 3.95. The molecule has 0 bridgehead atoms. The standard InChI is InChI=1S/C12H22N2/c1-4-14-12(9-13)7-5-11(6-8-12)10(2)3/h10-11,14H,4-8H2,1-3H3. The van der Waals surface area contributed by atoms with Crippen molar-refractivity contribution in [1.82, 2.24) is 5.32 Å². The van der Waals surface area contributed by atoms with E-state index >= 15 is 0 Å². The second-order valence-corrected chi connectivity index (χ2v) is 4.81. The number of nitrogens with zero attached hydrogens (tertiary/aromatic N) is 1. The van der Waals surface area contributed by atoms with Crippen molar-refractivity contribution >= 4 is 0 Å². The summed E-state index contributed by atoms with van der Waals surface area (Å²) in [5.41, 5.74) is -0.208. The Labute approximate surface area is 87.7 Å². The second-order valence-electron chi connectivity index (χ2n) is 4.81. The molecule has 0 unspecified atom stereocenters. The van der Waals surface area contributed by atoms with Gasteiger partial charge in [0.05, 0.1) is 6.07 Å². The van der Waals surface area contributed by atoms with Gasteiger partial charge in [0.1, 0.15) is 5.54 Å². The van der Waals surface area contributed by atoms with Gasteiger partial charge in [-0.25, -0.2) is 0 Å². The highest BCUT2D eigenvalue weighted by atomic mass is 15.0. The van der Waals surface area contributed by atoms with E-state index in [-0.39, 0.29) is 5.54 Å². The van der Waals surface area contributed by atoms with E-state index in [9.17, 15) is 5.26 Å². The summed E-state index contributed by atoms with van der Waals surface area (Å²) in [4.78, 5) is 0. The third kappa shape index (κ3) is 2.48. The van der Waals surface area contributed by atoms with Crippen molar-refractivity contribution in [3.05, 3.63) is 0 Å². The van der Waals surface area contributed by atoms with Crippen molar-refractivity contribution in [1.29, 1.82) is 5.26 Å². The maximum Gasteiger partial charge on any atom is 0.106 e. The highest BCUT2D eigenvalue weighted by Gasteiger charge is 2.35. The molecular formula is C12H22N2. The van der Waals surface area contributed by atoms with Gasteiger partial charge in [-0.1, -0.05) is 20.8 Å². The molecule has 2 nitrogen and oxygen atoms in total. The van der Waals surface area contributed by atoms with Crippen molar-refractivity contribution in [2.45, 2.75) is 52.0 Å². The topological polar surface area (TPSA) is 35.8 Å². The molecule has 0 aromatic heterocycles. The minimum absolute atomic E-state index is 0.208. The van der Waals surface area contributed by atoms with E-state index < -0.39 is 0 Å². The predicted molar refractivity (Wildman–Crippen MR) is 58.8 cm³/mol. The van der Waals surface area contributed by atoms with Crippen LogP contribution < -0.4 is 5.32 Å². The molecule has 2 heteroatoms. The van der Waals surface area contributed by atoms with Crippen molar-refractivity contribution < 1.29 is 0 Å². The third-order valence-corrected chi connectivity index (χ3v) is 3.56. The minimum atomic E-state index is -0.208. The monoisotopic (exact) mass is 194 g/mol. The van der Waals surface area contributed by atoms with Crippen molar-refractivity contribution in [3.8, 4) is 6.07 Å². The zero-order valence-corrected chi connectivity index (χ0v) is 9.64. The lowest BCUT2D eigenvalue weighted by Gasteiger charge is -2.37. The molecule has 1 saturated carbocycles. The second kappa shape index (κ2) is 4.79. The van der Waals surface area contributed by atoms with Gasteiger partial charge in [0.25, 0.3) is 0 Å². The summed E-state index contributed by atoms with van der Waals surface area (Å²) in [6.45, 7) is 7.56. The Morgan fingerprint density at radius 3 is 2.36 bits per heavy atom. The summed E-state index contributed by atoms with van der Waals surface area (Å²) in [6.07, 6.45) is 4.47. The zero-order valence-electron chi connectivity index (χ0n) is 9.64. The molecule has 0 radical (unpaired) electrons. The van der Waals surface area contributed by atoms with Gasteiger partial charge in [-0.2, -0.15) is 5.26 Å². The Morgan fingerprint density at radius 2 is 2.00 bits per heavy atom. The average Bonchev–Trinajstić information content (AvgIpc) is 2.19. The molecule has 1 aliphatic rings. The fourth-order valence-corrected chi connectivity index (χ4v) is 2.47. The summed E-state index contributed by atoms with van der Waals surface area (Å²) in [5, 5.41) is 12.5. The van der Waals surface area contributed by atoms with Crippen LogP contribution in [0.2, 0.25) is 0 Å². The lowest BCUT2D eigenvalue weighted by atomic mass is 9.73. The van der Waals surface area contributed by atoms with Gasteiger partial charge in [-0.15, -0.1) is 0 Å². The largest absolute Gasteiger partial charge is 0.300 e. The van der Waals surface area contributed by atoms with E-state index in [1.54, 1.807) is 0 Å². The smallest absolute Gasteiger partial charge is 0.106 e. The highest BCUT2D eigenvalue weighted by Crippen LogP contribution is 2.35. The van der Waals surface area contributed by atoms with Crippen LogP contribution in [0.5, 0.6) is 0 Å². The van der Waals surface area contributed by atoms with Crippen LogP contribution in [0, 0.1) is 23.2 Å². The molecule has 80 valence electrons. The molecule has 1 fully saturated rings. The molecule has 0 heterocycles. The number of nitrogens with one attached hydrogen (secondary N) is 1. The maximum absolute atomic E-state index is 9.19. The number of hydrogen-bond acceptors (Lipinski definition) is 2. The zero-order chi connectivity index (χ0) is 10.6. The van der Waals surface area contributed by atoms with E-state index in [2.05, 4.69) is 32.2 Å². The van der Waals surface area contributed by atoms with Crippen LogP contribution in [0.3, 0.4) is 0 Å². The molecule has 1 rings (SSSR count). The van der Waals surface area contributed by atoms with Crippen LogP contribution >= 0.6 is 0 Å². The van der Waals surface area contributed by atoms with Crippen molar-refractivity contribution in [2.24, 2.45) is 11.8 Å². The summed E-state index contributed by atoms with van der Waals surface area (Å²) in [7, 11) is 0. The van der Waals surface area contributed by atoms with E-state index in [1.807, 2.05) is 0 Å². The van der Waals surface area contributed by atoms with E-state index in [0.29, 0.717) is 0 Å². The highest BCUT2D eigenvalue weighted by molar-refractivity contribution is 5.09. The van der Waals surface area contributed by atoms with E-state index in [1.165, 1.54) is 12.8 Å². The first-order chi connectivity index (χ1) is 6.63. The molecule has 0 saturated heterocycles. The fraction of sp³-hybridized carbons (Fsp3) is 0.917. The first-order valence-corrected chi connectivity index (χ1v) is 5.80. The molecule has 14 heavy (non-hydrogen) atoms. The molecule has 1 N–H and O–H groups in total. The van der Waals surface area contributed by atoms with Gasteiger partial charge >= 0.3 is 0 Å². The molecule has 0 aromatic carbocycles. The molecule has 0 amide bonds. The van der Waals surface area contributed by atoms with Gasteiger partial charge in [0.15, 0.2) is 0 Å². The molecule has 1 aliphatic carbocycles. The van der Waals surface area contributed by atoms with E-state index in [4.69, 9.17) is 0 Å². The Hall–Kier alpha value is -0.550. The van der Waals surface area contributed by atoms with Crippen LogP contribution in [0.25, 0.3) is 0 Å². The first-order valence-electron chi connectivity index (χ1n) is 5.80. The third-order valence-electron chi connectivity index (χ3n) is 3.56. The Bertz CT molecular complexity index is 207. The van der Waals surface area contributed by atoms with Crippen LogP contribution in [0.4, 0.5) is 0 Å². The predicted octanol–water partition coefficient (Wildman–Crippen LogP) is 2.70. The van der Waals surface area contributed by atoms with Crippen LogP contribution in [-0.2, 0) is 0 Å². The summed E-state index contributed by atoms with van der Waals surface area (Å²) in [6, 6.07) is 2.47. The van der Waals surface area contributed by atoms with Gasteiger partial charge < -0.3 is 0 Å². The fourth-order valence-electron chi connectivity index (χ4n) is 2.47. The lowest BCUT2D eigenvalue weighted by molar-refractivity contribution is 0.202. The molecular weight excluding hydrogens is 172 g/mol. The first kappa shape index (κ1) is 11.5. The van der Waals surface area contributed by atoms with Gasteiger partial charge in [-0.3, -0.25) is 5.32 Å². The summed E-state index contributed by atoms with van der Waals surface area (Å²) >= 11 is 0. The Balaban J connectivity index is 2.51. The van der Waals surface area contributed by atoms with Crippen molar-refractivity contribution in [2.75, 3.05) is 6.54 Å².